The molecule has 0 saturated carbocycles. The van der Waals surface area contributed by atoms with Gasteiger partial charge in [-0.25, -0.2) is 0 Å². The zero-order chi connectivity index (χ0) is 19.4. The molecule has 1 N–H and O–H groups in total. The van der Waals surface area contributed by atoms with Gasteiger partial charge in [0.05, 0.1) is 5.25 Å². The summed E-state index contributed by atoms with van der Waals surface area (Å²) in [6, 6.07) is 9.80. The highest BCUT2D eigenvalue weighted by Crippen LogP contribution is 2.27. The van der Waals surface area contributed by atoms with Crippen molar-refractivity contribution in [3.05, 3.63) is 53.9 Å². The number of rotatable bonds is 6. The van der Waals surface area contributed by atoms with Crippen molar-refractivity contribution in [2.75, 3.05) is 5.32 Å². The molecule has 3 rings (SSSR count). The van der Waals surface area contributed by atoms with Gasteiger partial charge < -0.3 is 9.88 Å². The molecule has 1 amide bonds. The molecule has 0 radical (unpaired) electrons. The number of aryl methyl sites for hydroxylation is 2. The highest BCUT2D eigenvalue weighted by molar-refractivity contribution is 8.00. The molecule has 0 unspecified atom stereocenters. The Morgan fingerprint density at radius 1 is 1.19 bits per heavy atom. The van der Waals surface area contributed by atoms with Crippen LogP contribution < -0.4 is 5.32 Å². The average molecular weight is 382 g/mol. The Bertz CT molecular complexity index is 939. The van der Waals surface area contributed by atoms with E-state index in [1.807, 2.05) is 56.5 Å². The van der Waals surface area contributed by atoms with Crippen molar-refractivity contribution >= 4 is 23.4 Å². The molecule has 0 bridgehead atoms. The van der Waals surface area contributed by atoms with Crippen LogP contribution in [0.15, 0.2) is 47.9 Å². The molecule has 0 aliphatic rings. The Hall–Kier alpha value is -2.67. The predicted octanol–water partition coefficient (Wildman–Crippen LogP) is 4.10. The van der Waals surface area contributed by atoms with E-state index in [-0.39, 0.29) is 11.2 Å². The minimum absolute atomic E-state index is 0.0527. The van der Waals surface area contributed by atoms with Crippen LogP contribution in [0.5, 0.6) is 0 Å². The maximum absolute atomic E-state index is 12.6. The second-order valence-corrected chi connectivity index (χ2v) is 7.66. The fourth-order valence-electron chi connectivity index (χ4n) is 2.78. The quantitative estimate of drug-likeness (QED) is 0.651. The lowest BCUT2D eigenvalue weighted by Gasteiger charge is -2.14. The Kier molecular flexibility index (Phi) is 5.91. The standard InChI is InChI=1S/C20H23N5OS/c1-5-25-18(16-8-10-21-11-9-16)23-24-20(25)27-15(4)19(26)22-17-7-6-13(2)12-14(17)3/h6-12,15H,5H2,1-4H3,(H,22,26)/t15-/m1/s1. The second kappa shape index (κ2) is 8.35. The van der Waals surface area contributed by atoms with E-state index < -0.39 is 0 Å². The molecule has 0 fully saturated rings. The number of thioether (sulfide) groups is 1. The van der Waals surface area contributed by atoms with Gasteiger partial charge in [0.15, 0.2) is 11.0 Å². The first-order valence-electron chi connectivity index (χ1n) is 8.88. The van der Waals surface area contributed by atoms with E-state index in [9.17, 15) is 4.79 Å². The van der Waals surface area contributed by atoms with Crippen LogP contribution in [0.3, 0.4) is 0 Å². The fraction of sp³-hybridized carbons (Fsp3) is 0.300. The molecule has 3 aromatic rings. The van der Waals surface area contributed by atoms with Gasteiger partial charge in [0, 0.05) is 30.2 Å². The number of anilines is 1. The van der Waals surface area contributed by atoms with Crippen molar-refractivity contribution in [2.45, 2.75) is 44.6 Å². The van der Waals surface area contributed by atoms with Crippen LogP contribution >= 0.6 is 11.8 Å². The number of aromatic nitrogens is 4. The van der Waals surface area contributed by atoms with Gasteiger partial charge in [0.1, 0.15) is 0 Å². The first kappa shape index (κ1) is 19.1. The van der Waals surface area contributed by atoms with Crippen molar-refractivity contribution in [3.63, 3.8) is 0 Å². The minimum atomic E-state index is -0.300. The van der Waals surface area contributed by atoms with E-state index in [1.54, 1.807) is 12.4 Å². The van der Waals surface area contributed by atoms with Crippen LogP contribution in [0, 0.1) is 13.8 Å². The topological polar surface area (TPSA) is 72.7 Å². The second-order valence-electron chi connectivity index (χ2n) is 6.35. The van der Waals surface area contributed by atoms with Crippen LogP contribution in [0.1, 0.15) is 25.0 Å². The molecule has 0 spiro atoms. The van der Waals surface area contributed by atoms with E-state index in [0.29, 0.717) is 0 Å². The summed E-state index contributed by atoms with van der Waals surface area (Å²) in [5, 5.41) is 12.0. The minimum Gasteiger partial charge on any atom is -0.325 e. The highest BCUT2D eigenvalue weighted by atomic mass is 32.2. The summed E-state index contributed by atoms with van der Waals surface area (Å²) in [7, 11) is 0. The number of hydrogen-bond donors (Lipinski definition) is 1. The Morgan fingerprint density at radius 3 is 2.59 bits per heavy atom. The smallest absolute Gasteiger partial charge is 0.237 e. The molecule has 0 aliphatic carbocycles. The molecule has 2 aromatic heterocycles. The number of carbonyl (C=O) groups is 1. The van der Waals surface area contributed by atoms with Gasteiger partial charge in [-0.1, -0.05) is 29.5 Å². The molecule has 0 aliphatic heterocycles. The van der Waals surface area contributed by atoms with Crippen LogP contribution in [-0.4, -0.2) is 30.9 Å². The van der Waals surface area contributed by atoms with Crippen molar-refractivity contribution < 1.29 is 4.79 Å². The number of benzene rings is 1. The monoisotopic (exact) mass is 381 g/mol. The summed E-state index contributed by atoms with van der Waals surface area (Å²) in [6.07, 6.45) is 3.47. The van der Waals surface area contributed by atoms with Crippen LogP contribution in [0.2, 0.25) is 0 Å². The number of amides is 1. The van der Waals surface area contributed by atoms with Crippen molar-refractivity contribution in [3.8, 4) is 11.4 Å². The van der Waals surface area contributed by atoms with Gasteiger partial charge in [-0.05, 0) is 51.5 Å². The van der Waals surface area contributed by atoms with Crippen LogP contribution in [0.25, 0.3) is 11.4 Å². The third-order valence-corrected chi connectivity index (χ3v) is 5.34. The molecule has 0 saturated heterocycles. The van der Waals surface area contributed by atoms with Gasteiger partial charge in [0.2, 0.25) is 5.91 Å². The summed E-state index contributed by atoms with van der Waals surface area (Å²) in [5.41, 5.74) is 4.02. The first-order valence-corrected chi connectivity index (χ1v) is 9.76. The van der Waals surface area contributed by atoms with Crippen LogP contribution in [-0.2, 0) is 11.3 Å². The molecule has 1 atom stereocenters. The average Bonchev–Trinajstić information content (AvgIpc) is 3.07. The molecule has 2 heterocycles. The molecule has 7 heteroatoms. The number of hydrogen-bond acceptors (Lipinski definition) is 5. The van der Waals surface area contributed by atoms with Gasteiger partial charge in [0.25, 0.3) is 0 Å². The lowest BCUT2D eigenvalue weighted by molar-refractivity contribution is -0.115. The fourth-order valence-corrected chi connectivity index (χ4v) is 3.69. The lowest BCUT2D eigenvalue weighted by atomic mass is 10.1. The lowest BCUT2D eigenvalue weighted by Crippen LogP contribution is -2.23. The Labute approximate surface area is 163 Å². The number of carbonyl (C=O) groups excluding carboxylic acids is 1. The largest absolute Gasteiger partial charge is 0.325 e. The maximum Gasteiger partial charge on any atom is 0.237 e. The normalized spacial score (nSPS) is 12.0. The molecular formula is C20H23N5OS. The van der Waals surface area contributed by atoms with Gasteiger partial charge >= 0.3 is 0 Å². The number of pyridine rings is 1. The molecular weight excluding hydrogens is 358 g/mol. The number of nitrogens with zero attached hydrogens (tertiary/aromatic N) is 4. The van der Waals surface area contributed by atoms with Crippen molar-refractivity contribution in [2.24, 2.45) is 0 Å². The molecule has 140 valence electrons. The van der Waals surface area contributed by atoms with E-state index in [4.69, 9.17) is 0 Å². The zero-order valence-corrected chi connectivity index (χ0v) is 16.7. The van der Waals surface area contributed by atoms with E-state index in [2.05, 4.69) is 26.6 Å². The summed E-state index contributed by atoms with van der Waals surface area (Å²) in [6.45, 7) is 8.67. The summed E-state index contributed by atoms with van der Waals surface area (Å²) < 4.78 is 2.01. The summed E-state index contributed by atoms with van der Waals surface area (Å²) >= 11 is 1.41. The van der Waals surface area contributed by atoms with Crippen molar-refractivity contribution in [1.82, 2.24) is 19.7 Å². The maximum atomic E-state index is 12.6. The van der Waals surface area contributed by atoms with Gasteiger partial charge in [-0.3, -0.25) is 9.78 Å². The van der Waals surface area contributed by atoms with E-state index in [0.717, 1.165) is 34.3 Å². The number of nitrogens with one attached hydrogen (secondary N) is 1. The van der Waals surface area contributed by atoms with Crippen molar-refractivity contribution in [1.29, 1.82) is 0 Å². The van der Waals surface area contributed by atoms with Crippen LogP contribution in [0.4, 0.5) is 5.69 Å². The highest BCUT2D eigenvalue weighted by Gasteiger charge is 2.20. The molecule has 1 aromatic carbocycles. The van der Waals surface area contributed by atoms with Gasteiger partial charge in [-0.2, -0.15) is 0 Å². The first-order chi connectivity index (χ1) is 13.0. The Balaban J connectivity index is 1.75. The third-order valence-electron chi connectivity index (χ3n) is 4.26. The van der Waals surface area contributed by atoms with Gasteiger partial charge in [-0.15, -0.1) is 10.2 Å². The Morgan fingerprint density at radius 2 is 1.93 bits per heavy atom. The third kappa shape index (κ3) is 4.36. The zero-order valence-electron chi connectivity index (χ0n) is 15.9. The summed E-state index contributed by atoms with van der Waals surface area (Å²) in [4.78, 5) is 16.7. The van der Waals surface area contributed by atoms with E-state index in [1.165, 1.54) is 17.3 Å². The predicted molar refractivity (Wildman–Crippen MR) is 109 cm³/mol. The molecule has 27 heavy (non-hydrogen) atoms. The summed E-state index contributed by atoms with van der Waals surface area (Å²) in [5.74, 6) is 0.729. The molecule has 6 nitrogen and oxygen atoms in total. The SMILES string of the molecule is CCn1c(S[C@H](C)C(=O)Nc2ccc(C)cc2C)nnc1-c1ccncc1. The van der Waals surface area contributed by atoms with E-state index >= 15 is 0 Å².